The number of pyridine rings is 1. The molecule has 3 nitrogen and oxygen atoms in total. The normalized spacial score (nSPS) is 28.0. The van der Waals surface area contributed by atoms with E-state index in [2.05, 4.69) is 18.0 Å². The van der Waals surface area contributed by atoms with Crippen molar-refractivity contribution in [2.45, 2.75) is 77.4 Å². The van der Waals surface area contributed by atoms with Crippen LogP contribution >= 0.6 is 0 Å². The molecule has 2 unspecified atom stereocenters. The molecule has 2 saturated carbocycles. The van der Waals surface area contributed by atoms with E-state index in [0.29, 0.717) is 12.1 Å². The Morgan fingerprint density at radius 3 is 2.57 bits per heavy atom. The Labute approximate surface area is 128 Å². The molecule has 0 saturated heterocycles. The number of aromatic nitrogens is 1. The molecule has 1 heterocycles. The third kappa shape index (κ3) is 2.68. The lowest BCUT2D eigenvalue weighted by molar-refractivity contribution is -0.0775. The van der Waals surface area contributed by atoms with Crippen molar-refractivity contribution in [3.05, 3.63) is 23.5 Å². The Balaban J connectivity index is 1.78. The highest BCUT2D eigenvalue weighted by Crippen LogP contribution is 2.51. The van der Waals surface area contributed by atoms with Crippen LogP contribution in [-0.2, 0) is 6.42 Å². The molecule has 2 fully saturated rings. The van der Waals surface area contributed by atoms with Crippen molar-refractivity contribution in [3.63, 3.8) is 0 Å². The molecule has 21 heavy (non-hydrogen) atoms. The van der Waals surface area contributed by atoms with Crippen molar-refractivity contribution in [3.8, 4) is 5.75 Å². The monoisotopic (exact) mass is 288 g/mol. The second kappa shape index (κ2) is 5.96. The average Bonchev–Trinajstić information content (AvgIpc) is 2.76. The van der Waals surface area contributed by atoms with E-state index < -0.39 is 0 Å². The maximum atomic E-state index is 6.40. The van der Waals surface area contributed by atoms with Gasteiger partial charge in [0.25, 0.3) is 0 Å². The molecule has 0 aliphatic heterocycles. The Morgan fingerprint density at radius 2 is 1.95 bits per heavy atom. The summed E-state index contributed by atoms with van der Waals surface area (Å²) in [6.07, 6.45) is 10.0. The summed E-state index contributed by atoms with van der Waals surface area (Å²) in [6, 6.07) is 4.46. The highest BCUT2D eigenvalue weighted by molar-refractivity contribution is 5.30. The summed E-state index contributed by atoms with van der Waals surface area (Å²) in [4.78, 5) is 4.62. The van der Waals surface area contributed by atoms with Crippen molar-refractivity contribution in [1.82, 2.24) is 4.98 Å². The first-order valence-corrected chi connectivity index (χ1v) is 8.54. The fourth-order valence-electron chi connectivity index (χ4n) is 4.13. The zero-order valence-electron chi connectivity index (χ0n) is 13.4. The Morgan fingerprint density at radius 1 is 1.24 bits per heavy atom. The molecule has 0 aromatic carbocycles. The van der Waals surface area contributed by atoms with Crippen molar-refractivity contribution in [2.24, 2.45) is 11.1 Å². The lowest BCUT2D eigenvalue weighted by atomic mass is 9.58. The van der Waals surface area contributed by atoms with Crippen molar-refractivity contribution < 1.29 is 4.74 Å². The van der Waals surface area contributed by atoms with E-state index in [1.165, 1.54) is 38.5 Å². The van der Waals surface area contributed by atoms with Crippen molar-refractivity contribution >= 4 is 0 Å². The molecule has 2 aliphatic rings. The van der Waals surface area contributed by atoms with Gasteiger partial charge >= 0.3 is 0 Å². The lowest BCUT2D eigenvalue weighted by Gasteiger charge is -2.54. The molecule has 1 aromatic rings. The van der Waals surface area contributed by atoms with E-state index in [1.807, 2.05) is 13.0 Å². The molecule has 2 N–H and O–H groups in total. The maximum absolute atomic E-state index is 6.40. The fourth-order valence-corrected chi connectivity index (χ4v) is 4.13. The van der Waals surface area contributed by atoms with Crippen LogP contribution in [-0.4, -0.2) is 17.1 Å². The number of ether oxygens (including phenoxy) is 1. The second-order valence-corrected chi connectivity index (χ2v) is 6.85. The Bertz CT molecular complexity index is 492. The number of hydrogen-bond donors (Lipinski definition) is 1. The molecular weight excluding hydrogens is 260 g/mol. The number of nitrogens with two attached hydrogens (primary N) is 1. The summed E-state index contributed by atoms with van der Waals surface area (Å²) in [5.41, 5.74) is 8.78. The van der Waals surface area contributed by atoms with Crippen LogP contribution in [0.2, 0.25) is 0 Å². The van der Waals surface area contributed by atoms with Gasteiger partial charge in [-0.05, 0) is 38.3 Å². The third-order valence-electron chi connectivity index (χ3n) is 5.56. The van der Waals surface area contributed by atoms with Crippen LogP contribution in [0.3, 0.4) is 0 Å². The van der Waals surface area contributed by atoms with Crippen LogP contribution in [0.5, 0.6) is 5.75 Å². The summed E-state index contributed by atoms with van der Waals surface area (Å²) in [5.74, 6) is 0.976. The highest BCUT2D eigenvalue weighted by Gasteiger charge is 2.54. The predicted octanol–water partition coefficient (Wildman–Crippen LogP) is 3.77. The molecule has 0 amide bonds. The Hall–Kier alpha value is -1.09. The maximum Gasteiger partial charge on any atom is 0.141 e. The van der Waals surface area contributed by atoms with Gasteiger partial charge in [-0.1, -0.05) is 32.6 Å². The highest BCUT2D eigenvalue weighted by atomic mass is 16.5. The molecule has 0 radical (unpaired) electrons. The standard InChI is InChI=1S/C18H28N2O/c1-3-14-15(9-8-13(2)20-14)21-17-12-16(19)18(17)10-6-4-5-7-11-18/h8-9,16-17H,3-7,10-12,19H2,1-2H3. The van der Waals surface area contributed by atoms with E-state index in [4.69, 9.17) is 10.5 Å². The first-order valence-electron chi connectivity index (χ1n) is 8.54. The molecule has 116 valence electrons. The van der Waals surface area contributed by atoms with Gasteiger partial charge in [0.1, 0.15) is 11.9 Å². The van der Waals surface area contributed by atoms with Gasteiger partial charge in [0.2, 0.25) is 0 Å². The van der Waals surface area contributed by atoms with Gasteiger partial charge in [-0.3, -0.25) is 4.98 Å². The van der Waals surface area contributed by atoms with Gasteiger partial charge < -0.3 is 10.5 Å². The number of nitrogens with zero attached hydrogens (tertiary/aromatic N) is 1. The van der Waals surface area contributed by atoms with Gasteiger partial charge in [0.05, 0.1) is 5.69 Å². The van der Waals surface area contributed by atoms with Crippen LogP contribution in [0.4, 0.5) is 0 Å². The molecule has 2 atom stereocenters. The van der Waals surface area contributed by atoms with E-state index in [1.54, 1.807) is 0 Å². The quantitative estimate of drug-likeness (QED) is 0.921. The summed E-state index contributed by atoms with van der Waals surface area (Å²) in [5, 5.41) is 0. The van der Waals surface area contributed by atoms with Crippen molar-refractivity contribution in [2.75, 3.05) is 0 Å². The van der Waals surface area contributed by atoms with Gasteiger partial charge in [0, 0.05) is 23.6 Å². The molecule has 3 heteroatoms. The zero-order valence-corrected chi connectivity index (χ0v) is 13.4. The zero-order chi connectivity index (χ0) is 14.9. The minimum absolute atomic E-state index is 0.229. The van der Waals surface area contributed by atoms with Gasteiger partial charge in [0.15, 0.2) is 0 Å². The smallest absolute Gasteiger partial charge is 0.141 e. The summed E-state index contributed by atoms with van der Waals surface area (Å²) in [7, 11) is 0. The molecular formula is C18H28N2O. The largest absolute Gasteiger partial charge is 0.488 e. The van der Waals surface area contributed by atoms with Gasteiger partial charge in [-0.15, -0.1) is 0 Å². The van der Waals surface area contributed by atoms with Crippen LogP contribution in [0, 0.1) is 12.3 Å². The predicted molar refractivity (Wildman–Crippen MR) is 85.5 cm³/mol. The summed E-state index contributed by atoms with van der Waals surface area (Å²) >= 11 is 0. The third-order valence-corrected chi connectivity index (χ3v) is 5.56. The number of hydrogen-bond acceptors (Lipinski definition) is 3. The molecule has 3 rings (SSSR count). The van der Waals surface area contributed by atoms with Crippen LogP contribution in [0.25, 0.3) is 0 Å². The topological polar surface area (TPSA) is 48.1 Å². The SMILES string of the molecule is CCc1nc(C)ccc1OC1CC(N)C12CCCCCC2. The molecule has 1 spiro atoms. The summed E-state index contributed by atoms with van der Waals surface area (Å²) < 4.78 is 6.40. The van der Waals surface area contributed by atoms with Gasteiger partial charge in [-0.2, -0.15) is 0 Å². The molecule has 2 aliphatic carbocycles. The van der Waals surface area contributed by atoms with Gasteiger partial charge in [-0.25, -0.2) is 0 Å². The number of rotatable bonds is 3. The van der Waals surface area contributed by atoms with E-state index in [0.717, 1.165) is 30.0 Å². The lowest BCUT2D eigenvalue weighted by Crippen LogP contribution is -2.63. The molecule has 1 aromatic heterocycles. The summed E-state index contributed by atoms with van der Waals surface area (Å²) in [6.45, 7) is 4.18. The minimum Gasteiger partial charge on any atom is -0.488 e. The van der Waals surface area contributed by atoms with E-state index in [9.17, 15) is 0 Å². The van der Waals surface area contributed by atoms with Crippen LogP contribution < -0.4 is 10.5 Å². The van der Waals surface area contributed by atoms with E-state index >= 15 is 0 Å². The average molecular weight is 288 g/mol. The molecule has 0 bridgehead atoms. The van der Waals surface area contributed by atoms with Crippen molar-refractivity contribution in [1.29, 1.82) is 0 Å². The first kappa shape index (κ1) is 14.8. The van der Waals surface area contributed by atoms with Crippen LogP contribution in [0.15, 0.2) is 12.1 Å². The van der Waals surface area contributed by atoms with E-state index in [-0.39, 0.29) is 5.41 Å². The van der Waals surface area contributed by atoms with Crippen LogP contribution in [0.1, 0.15) is 63.3 Å². The second-order valence-electron chi connectivity index (χ2n) is 6.85. The first-order chi connectivity index (χ1) is 10.2. The fraction of sp³-hybridized carbons (Fsp3) is 0.722. The number of aryl methyl sites for hydroxylation is 2. The minimum atomic E-state index is 0.229. The Kier molecular flexibility index (Phi) is 4.21.